The fraction of sp³-hybridized carbons (Fsp3) is 0.132. The maximum absolute atomic E-state index is 14.5. The Morgan fingerprint density at radius 1 is 0.979 bits per heavy atom. The SMILES string of the molecule is CCOC(=O)C1=C(c2ccccc2)N=c2s/c(=C\c3cn(Cc4ccccc4Cl)c4ccccc34)c(=O)n2[C@H]1c1cccc(OC)c1. The standard InChI is InChI=1S/C38H30ClN3O4S/c1-3-46-37(44)33-34(24-12-5-4-6-13-24)40-38-42(35(33)25-15-11-16-28(20-25)45-2)36(43)32(47-38)21-27-23-41(31-19-10-8-17-29(27)31)22-26-14-7-9-18-30(26)39/h4-21,23,35H,3,22H2,1-2H3/b32-21-/t35-/m0/s1. The van der Waals surface area contributed by atoms with Crippen LogP contribution in [0.4, 0.5) is 0 Å². The zero-order valence-electron chi connectivity index (χ0n) is 25.7. The molecule has 234 valence electrons. The quantitative estimate of drug-likeness (QED) is 0.173. The van der Waals surface area contributed by atoms with Crippen molar-refractivity contribution in [1.29, 1.82) is 0 Å². The van der Waals surface area contributed by atoms with Crippen LogP contribution in [0.3, 0.4) is 0 Å². The van der Waals surface area contributed by atoms with E-state index in [1.54, 1.807) is 18.6 Å². The molecule has 0 spiro atoms. The Balaban J connectivity index is 1.46. The highest BCUT2D eigenvalue weighted by atomic mass is 35.5. The van der Waals surface area contributed by atoms with Gasteiger partial charge in [0.25, 0.3) is 5.56 Å². The van der Waals surface area contributed by atoms with Gasteiger partial charge in [0.2, 0.25) is 0 Å². The number of hydrogen-bond acceptors (Lipinski definition) is 6. The second kappa shape index (κ2) is 12.9. The first-order chi connectivity index (χ1) is 23.0. The number of rotatable bonds is 8. The van der Waals surface area contributed by atoms with Crippen molar-refractivity contribution in [2.45, 2.75) is 19.5 Å². The fourth-order valence-electron chi connectivity index (χ4n) is 6.04. The maximum atomic E-state index is 14.5. The van der Waals surface area contributed by atoms with Gasteiger partial charge in [0.05, 0.1) is 35.6 Å². The Hall–Kier alpha value is -5.18. The van der Waals surface area contributed by atoms with Crippen molar-refractivity contribution in [2.75, 3.05) is 13.7 Å². The summed E-state index contributed by atoms with van der Waals surface area (Å²) in [7, 11) is 1.59. The Labute approximate surface area is 279 Å². The van der Waals surface area contributed by atoms with Crippen LogP contribution in [0.15, 0.2) is 125 Å². The van der Waals surface area contributed by atoms with Gasteiger partial charge in [-0.3, -0.25) is 9.36 Å². The molecule has 4 aromatic carbocycles. The van der Waals surface area contributed by atoms with Crippen LogP contribution in [-0.2, 0) is 16.1 Å². The van der Waals surface area contributed by atoms with E-state index in [2.05, 4.69) is 10.6 Å². The molecule has 1 aliphatic rings. The number of methoxy groups -OCH3 is 1. The maximum Gasteiger partial charge on any atom is 0.338 e. The van der Waals surface area contributed by atoms with Gasteiger partial charge in [-0.1, -0.05) is 102 Å². The monoisotopic (exact) mass is 659 g/mol. The van der Waals surface area contributed by atoms with E-state index in [0.717, 1.165) is 27.6 Å². The number of ether oxygens (including phenoxy) is 2. The van der Waals surface area contributed by atoms with Crippen LogP contribution >= 0.6 is 22.9 Å². The van der Waals surface area contributed by atoms with E-state index in [1.807, 2.05) is 109 Å². The average molecular weight is 660 g/mol. The lowest BCUT2D eigenvalue weighted by Crippen LogP contribution is -2.40. The molecule has 0 amide bonds. The molecule has 47 heavy (non-hydrogen) atoms. The molecule has 7 rings (SSSR count). The number of carbonyl (C=O) groups excluding carboxylic acids is 1. The summed E-state index contributed by atoms with van der Waals surface area (Å²) in [6, 6.07) is 32.0. The van der Waals surface area contributed by atoms with Gasteiger partial charge in [0.1, 0.15) is 5.75 Å². The first kappa shape index (κ1) is 30.5. The first-order valence-corrected chi connectivity index (χ1v) is 16.4. The van der Waals surface area contributed by atoms with Crippen molar-refractivity contribution >= 4 is 51.6 Å². The van der Waals surface area contributed by atoms with Gasteiger partial charge in [-0.2, -0.15) is 0 Å². The third-order valence-electron chi connectivity index (χ3n) is 8.19. The number of para-hydroxylation sites is 1. The minimum absolute atomic E-state index is 0.178. The van der Waals surface area contributed by atoms with Crippen molar-refractivity contribution in [2.24, 2.45) is 4.99 Å². The molecule has 0 saturated carbocycles. The molecule has 1 aliphatic heterocycles. The molecule has 0 aliphatic carbocycles. The Bertz CT molecular complexity index is 2350. The molecular weight excluding hydrogens is 630 g/mol. The Kier molecular flexibility index (Phi) is 8.37. The van der Waals surface area contributed by atoms with Crippen LogP contribution in [0.25, 0.3) is 22.7 Å². The lowest BCUT2D eigenvalue weighted by Gasteiger charge is -2.26. The molecule has 0 saturated heterocycles. The number of nitrogens with zero attached hydrogens (tertiary/aromatic N) is 3. The van der Waals surface area contributed by atoms with Crippen LogP contribution < -0.4 is 19.6 Å². The van der Waals surface area contributed by atoms with E-state index in [9.17, 15) is 9.59 Å². The summed E-state index contributed by atoms with van der Waals surface area (Å²) in [4.78, 5) is 33.7. The number of thiazole rings is 1. The third kappa shape index (κ3) is 5.71. The summed E-state index contributed by atoms with van der Waals surface area (Å²) in [5.74, 6) is 0.0808. The summed E-state index contributed by atoms with van der Waals surface area (Å²) in [5, 5.41) is 1.70. The fourth-order valence-corrected chi connectivity index (χ4v) is 7.23. The van der Waals surface area contributed by atoms with Crippen LogP contribution in [0.1, 0.15) is 35.2 Å². The number of aromatic nitrogens is 2. The van der Waals surface area contributed by atoms with Crippen molar-refractivity contribution < 1.29 is 14.3 Å². The molecule has 0 N–H and O–H groups in total. The number of benzene rings is 4. The Morgan fingerprint density at radius 3 is 2.53 bits per heavy atom. The summed E-state index contributed by atoms with van der Waals surface area (Å²) < 4.78 is 15.4. The highest BCUT2D eigenvalue weighted by molar-refractivity contribution is 7.07. The molecule has 3 heterocycles. The van der Waals surface area contributed by atoms with Crippen molar-refractivity contribution in [3.8, 4) is 5.75 Å². The highest BCUT2D eigenvalue weighted by Crippen LogP contribution is 2.36. The van der Waals surface area contributed by atoms with Gasteiger partial charge in [-0.15, -0.1) is 0 Å². The summed E-state index contributed by atoms with van der Waals surface area (Å²) in [6.07, 6.45) is 3.96. The molecule has 1 atom stereocenters. The van der Waals surface area contributed by atoms with Gasteiger partial charge >= 0.3 is 5.97 Å². The number of fused-ring (bicyclic) bond motifs is 2. The van der Waals surface area contributed by atoms with Crippen molar-refractivity contribution in [3.63, 3.8) is 0 Å². The normalized spacial score (nSPS) is 14.6. The van der Waals surface area contributed by atoms with E-state index in [1.165, 1.54) is 11.3 Å². The predicted molar refractivity (Wildman–Crippen MR) is 187 cm³/mol. The Morgan fingerprint density at radius 2 is 1.74 bits per heavy atom. The lowest BCUT2D eigenvalue weighted by atomic mass is 9.93. The smallest absolute Gasteiger partial charge is 0.338 e. The van der Waals surface area contributed by atoms with E-state index in [0.29, 0.717) is 43.5 Å². The number of hydrogen-bond donors (Lipinski definition) is 0. The van der Waals surface area contributed by atoms with Crippen LogP contribution in [-0.4, -0.2) is 28.8 Å². The molecule has 0 radical (unpaired) electrons. The molecule has 2 aromatic heterocycles. The zero-order valence-corrected chi connectivity index (χ0v) is 27.3. The first-order valence-electron chi connectivity index (χ1n) is 15.2. The van der Waals surface area contributed by atoms with Crippen LogP contribution in [0, 0.1) is 0 Å². The van der Waals surface area contributed by atoms with Gasteiger partial charge in [0, 0.05) is 39.8 Å². The summed E-state index contributed by atoms with van der Waals surface area (Å²) in [5.41, 5.74) is 4.89. The predicted octanol–water partition coefficient (Wildman–Crippen LogP) is 6.60. The van der Waals surface area contributed by atoms with E-state index >= 15 is 0 Å². The van der Waals surface area contributed by atoms with E-state index in [4.69, 9.17) is 26.1 Å². The summed E-state index contributed by atoms with van der Waals surface area (Å²) in [6.45, 7) is 2.52. The number of esters is 1. The summed E-state index contributed by atoms with van der Waals surface area (Å²) >= 11 is 7.81. The third-order valence-corrected chi connectivity index (χ3v) is 9.54. The van der Waals surface area contributed by atoms with Gasteiger partial charge in [-0.25, -0.2) is 9.79 Å². The van der Waals surface area contributed by atoms with Gasteiger partial charge < -0.3 is 14.0 Å². The van der Waals surface area contributed by atoms with Crippen molar-refractivity contribution in [1.82, 2.24) is 9.13 Å². The van der Waals surface area contributed by atoms with Crippen LogP contribution in [0.2, 0.25) is 5.02 Å². The van der Waals surface area contributed by atoms with Crippen molar-refractivity contribution in [3.05, 3.63) is 162 Å². The molecule has 7 nitrogen and oxygen atoms in total. The number of carbonyl (C=O) groups is 1. The highest BCUT2D eigenvalue weighted by Gasteiger charge is 2.35. The van der Waals surface area contributed by atoms with Crippen LogP contribution in [0.5, 0.6) is 5.75 Å². The second-order valence-corrected chi connectivity index (χ2v) is 12.4. The minimum atomic E-state index is -0.792. The van der Waals surface area contributed by atoms with Gasteiger partial charge in [-0.05, 0) is 48.4 Å². The van der Waals surface area contributed by atoms with E-state index < -0.39 is 12.0 Å². The molecule has 0 unspecified atom stereocenters. The molecule has 0 bridgehead atoms. The number of halogens is 1. The van der Waals surface area contributed by atoms with Gasteiger partial charge in [0.15, 0.2) is 4.80 Å². The molecule has 6 aromatic rings. The average Bonchev–Trinajstić information content (AvgIpc) is 3.61. The zero-order chi connectivity index (χ0) is 32.5. The largest absolute Gasteiger partial charge is 0.497 e. The minimum Gasteiger partial charge on any atom is -0.497 e. The topological polar surface area (TPSA) is 74.8 Å². The molecule has 9 heteroatoms. The molecular formula is C38H30ClN3O4S. The lowest BCUT2D eigenvalue weighted by molar-refractivity contribution is -0.138. The molecule has 0 fully saturated rings. The van der Waals surface area contributed by atoms with E-state index in [-0.39, 0.29) is 12.2 Å². The second-order valence-electron chi connectivity index (χ2n) is 11.0.